The van der Waals surface area contributed by atoms with Gasteiger partial charge in [-0.2, -0.15) is 0 Å². The molecule has 0 saturated heterocycles. The highest BCUT2D eigenvalue weighted by Crippen LogP contribution is 2.14. The molecule has 0 aliphatic carbocycles. The second kappa shape index (κ2) is 7.12. The Bertz CT molecular complexity index is 543. The number of hydrogen-bond acceptors (Lipinski definition) is 1. The Labute approximate surface area is 123 Å². The molecule has 0 heterocycles. The summed E-state index contributed by atoms with van der Waals surface area (Å²) in [6, 6.07) is 17.7. The highest BCUT2D eigenvalue weighted by atomic mass is 35.5. The molecule has 0 aromatic heterocycles. The van der Waals surface area contributed by atoms with Gasteiger partial charge in [0.2, 0.25) is 0 Å². The molecule has 0 amide bonds. The molecule has 0 spiro atoms. The lowest BCUT2D eigenvalue weighted by Gasteiger charge is -2.10. The second-order valence-electron chi connectivity index (χ2n) is 4.09. The Morgan fingerprint density at radius 2 is 1.68 bits per heavy atom. The van der Waals surface area contributed by atoms with Crippen molar-refractivity contribution in [1.82, 2.24) is 5.32 Å². The Morgan fingerprint density at radius 3 is 2.42 bits per heavy atom. The summed E-state index contributed by atoms with van der Waals surface area (Å²) in [5.41, 5.74) is 2.11. The lowest BCUT2D eigenvalue weighted by atomic mass is 10.1. The number of halogens is 1. The van der Waals surface area contributed by atoms with Crippen LogP contribution in [0.5, 0.6) is 0 Å². The average Bonchev–Trinajstić information content (AvgIpc) is 2.42. The van der Waals surface area contributed by atoms with E-state index in [0.717, 1.165) is 29.2 Å². The maximum atomic E-state index is 6.09. The van der Waals surface area contributed by atoms with E-state index in [2.05, 4.69) is 10.6 Å². The summed E-state index contributed by atoms with van der Waals surface area (Å²) < 4.78 is 0. The zero-order valence-electron chi connectivity index (χ0n) is 10.4. The first-order valence-electron chi connectivity index (χ1n) is 6.09. The third-order valence-corrected chi connectivity index (χ3v) is 3.28. The van der Waals surface area contributed by atoms with Gasteiger partial charge in [0.25, 0.3) is 0 Å². The van der Waals surface area contributed by atoms with Crippen LogP contribution in [-0.4, -0.2) is 11.7 Å². The van der Waals surface area contributed by atoms with Crippen molar-refractivity contribution in [3.63, 3.8) is 0 Å². The van der Waals surface area contributed by atoms with Crippen LogP contribution in [0.4, 0.5) is 5.69 Å². The molecule has 0 aliphatic rings. The van der Waals surface area contributed by atoms with Crippen molar-refractivity contribution in [2.24, 2.45) is 0 Å². The first kappa shape index (κ1) is 13.8. The number of rotatable bonds is 4. The molecule has 2 nitrogen and oxygen atoms in total. The van der Waals surface area contributed by atoms with Gasteiger partial charge in [-0.25, -0.2) is 0 Å². The van der Waals surface area contributed by atoms with Gasteiger partial charge in [-0.15, -0.1) is 0 Å². The molecule has 2 N–H and O–H groups in total. The van der Waals surface area contributed by atoms with Crippen LogP contribution in [0.25, 0.3) is 0 Å². The molecule has 2 aromatic carbocycles. The van der Waals surface area contributed by atoms with Gasteiger partial charge in [0.05, 0.1) is 0 Å². The number of nitrogens with one attached hydrogen (secondary N) is 2. The minimum absolute atomic E-state index is 0.623. The predicted octanol–water partition coefficient (Wildman–Crippen LogP) is 3.87. The van der Waals surface area contributed by atoms with Gasteiger partial charge >= 0.3 is 0 Å². The Morgan fingerprint density at radius 1 is 1.00 bits per heavy atom. The highest BCUT2D eigenvalue weighted by molar-refractivity contribution is 7.80. The van der Waals surface area contributed by atoms with E-state index in [9.17, 15) is 0 Å². The topological polar surface area (TPSA) is 24.1 Å². The summed E-state index contributed by atoms with van der Waals surface area (Å²) >= 11 is 11.3. The van der Waals surface area contributed by atoms with E-state index in [4.69, 9.17) is 23.8 Å². The summed E-state index contributed by atoms with van der Waals surface area (Å²) in [6.45, 7) is 0.752. The van der Waals surface area contributed by atoms with Crippen molar-refractivity contribution >= 4 is 34.6 Å². The third kappa shape index (κ3) is 4.54. The molecule has 0 atom stereocenters. The number of benzene rings is 2. The molecule has 0 bridgehead atoms. The van der Waals surface area contributed by atoms with Crippen LogP contribution in [0.2, 0.25) is 5.02 Å². The summed E-state index contributed by atoms with van der Waals surface area (Å²) in [4.78, 5) is 0. The van der Waals surface area contributed by atoms with Crippen LogP contribution in [0.3, 0.4) is 0 Å². The standard InChI is InChI=1S/C15H15ClN2S/c16-14-9-5-4-6-12(14)10-11-17-15(19)18-13-7-2-1-3-8-13/h1-9H,10-11H2,(H2,17,18,19). The van der Waals surface area contributed by atoms with Crippen molar-refractivity contribution in [2.75, 3.05) is 11.9 Å². The lowest BCUT2D eigenvalue weighted by Crippen LogP contribution is -2.30. The molecular formula is C15H15ClN2S. The van der Waals surface area contributed by atoms with Crippen LogP contribution in [0.1, 0.15) is 5.56 Å². The second-order valence-corrected chi connectivity index (χ2v) is 4.90. The van der Waals surface area contributed by atoms with Crippen LogP contribution in [0.15, 0.2) is 54.6 Å². The molecule has 0 radical (unpaired) electrons. The average molecular weight is 291 g/mol. The largest absolute Gasteiger partial charge is 0.362 e. The molecular weight excluding hydrogens is 276 g/mol. The molecule has 0 unspecified atom stereocenters. The molecule has 0 saturated carbocycles. The van der Waals surface area contributed by atoms with E-state index in [0.29, 0.717) is 5.11 Å². The fourth-order valence-corrected chi connectivity index (χ4v) is 2.16. The number of anilines is 1. The van der Waals surface area contributed by atoms with Gasteiger partial charge in [-0.3, -0.25) is 0 Å². The van der Waals surface area contributed by atoms with Crippen molar-refractivity contribution in [3.05, 3.63) is 65.2 Å². The first-order chi connectivity index (χ1) is 9.25. The van der Waals surface area contributed by atoms with Crippen LogP contribution in [-0.2, 0) is 6.42 Å². The molecule has 4 heteroatoms. The van der Waals surface area contributed by atoms with Gasteiger partial charge in [0, 0.05) is 17.3 Å². The molecule has 98 valence electrons. The first-order valence-corrected chi connectivity index (χ1v) is 6.87. The maximum Gasteiger partial charge on any atom is 0.170 e. The lowest BCUT2D eigenvalue weighted by molar-refractivity contribution is 0.873. The normalized spacial score (nSPS) is 9.95. The van der Waals surface area contributed by atoms with Crippen LogP contribution in [0, 0.1) is 0 Å². The van der Waals surface area contributed by atoms with E-state index >= 15 is 0 Å². The van der Waals surface area contributed by atoms with Crippen molar-refractivity contribution in [3.8, 4) is 0 Å². The van der Waals surface area contributed by atoms with Crippen molar-refractivity contribution in [2.45, 2.75) is 6.42 Å². The minimum Gasteiger partial charge on any atom is -0.362 e. The van der Waals surface area contributed by atoms with E-state index in [1.54, 1.807) is 0 Å². The summed E-state index contributed by atoms with van der Waals surface area (Å²) in [7, 11) is 0. The Kier molecular flexibility index (Phi) is 5.19. The Balaban J connectivity index is 1.77. The summed E-state index contributed by atoms with van der Waals surface area (Å²) in [6.07, 6.45) is 0.844. The Hall–Kier alpha value is -1.58. The van der Waals surface area contributed by atoms with E-state index in [1.807, 2.05) is 54.6 Å². The molecule has 0 aliphatic heterocycles. The quantitative estimate of drug-likeness (QED) is 0.836. The van der Waals surface area contributed by atoms with E-state index in [1.165, 1.54) is 0 Å². The smallest absolute Gasteiger partial charge is 0.170 e. The number of hydrogen-bond donors (Lipinski definition) is 2. The van der Waals surface area contributed by atoms with Gasteiger partial charge in [0.15, 0.2) is 5.11 Å². The summed E-state index contributed by atoms with van der Waals surface area (Å²) in [5, 5.41) is 7.72. The van der Waals surface area contributed by atoms with Gasteiger partial charge in [0.1, 0.15) is 0 Å². The number of para-hydroxylation sites is 1. The molecule has 2 aromatic rings. The van der Waals surface area contributed by atoms with E-state index in [-0.39, 0.29) is 0 Å². The monoisotopic (exact) mass is 290 g/mol. The zero-order chi connectivity index (χ0) is 13.5. The van der Waals surface area contributed by atoms with Gasteiger partial charge in [-0.1, -0.05) is 48.0 Å². The van der Waals surface area contributed by atoms with E-state index < -0.39 is 0 Å². The maximum absolute atomic E-state index is 6.09. The van der Waals surface area contributed by atoms with Crippen molar-refractivity contribution in [1.29, 1.82) is 0 Å². The highest BCUT2D eigenvalue weighted by Gasteiger charge is 2.00. The minimum atomic E-state index is 0.623. The SMILES string of the molecule is S=C(NCCc1ccccc1Cl)Nc1ccccc1. The number of thiocarbonyl (C=S) groups is 1. The summed E-state index contributed by atoms with van der Waals surface area (Å²) in [5.74, 6) is 0. The fourth-order valence-electron chi connectivity index (χ4n) is 1.71. The predicted molar refractivity (Wildman–Crippen MR) is 85.8 cm³/mol. The molecule has 2 rings (SSSR count). The molecule has 0 fully saturated rings. The van der Waals surface area contributed by atoms with Gasteiger partial charge in [-0.05, 0) is 42.4 Å². The zero-order valence-corrected chi connectivity index (χ0v) is 12.0. The van der Waals surface area contributed by atoms with Gasteiger partial charge < -0.3 is 10.6 Å². The van der Waals surface area contributed by atoms with Crippen molar-refractivity contribution < 1.29 is 0 Å². The van der Waals surface area contributed by atoms with Crippen LogP contribution >= 0.6 is 23.8 Å². The molecule has 19 heavy (non-hydrogen) atoms. The fraction of sp³-hybridized carbons (Fsp3) is 0.133. The van der Waals surface area contributed by atoms with Crippen LogP contribution < -0.4 is 10.6 Å². The third-order valence-electron chi connectivity index (χ3n) is 2.67.